The van der Waals surface area contributed by atoms with Crippen LogP contribution in [0, 0.1) is 11.6 Å². The highest BCUT2D eigenvalue weighted by Gasteiger charge is 2.30. The zero-order valence-corrected chi connectivity index (χ0v) is 19.7. The summed E-state index contributed by atoms with van der Waals surface area (Å²) < 4.78 is 43.6. The van der Waals surface area contributed by atoms with Crippen LogP contribution >= 0.6 is 0 Å². The van der Waals surface area contributed by atoms with Crippen molar-refractivity contribution < 1.29 is 23.0 Å². The van der Waals surface area contributed by atoms with Crippen LogP contribution in [0.4, 0.5) is 8.78 Å². The lowest BCUT2D eigenvalue weighted by Crippen LogP contribution is -2.24. The molecule has 0 N–H and O–H groups in total. The van der Waals surface area contributed by atoms with Gasteiger partial charge in [-0.3, -0.25) is 14.5 Å². The topological polar surface area (TPSA) is 69.5 Å². The van der Waals surface area contributed by atoms with E-state index in [-0.39, 0.29) is 24.6 Å². The molecule has 1 amide bonds. The lowest BCUT2D eigenvalue weighted by molar-refractivity contribution is 0.0763. The molecule has 36 heavy (non-hydrogen) atoms. The Kier molecular flexibility index (Phi) is 5.64. The highest BCUT2D eigenvalue weighted by Crippen LogP contribution is 2.36. The van der Waals surface area contributed by atoms with Crippen molar-refractivity contribution in [2.75, 3.05) is 13.2 Å². The van der Waals surface area contributed by atoms with Crippen molar-refractivity contribution in [2.45, 2.75) is 32.0 Å². The summed E-state index contributed by atoms with van der Waals surface area (Å²) in [6, 6.07) is 9.49. The number of aryl methyl sites for hydroxylation is 1. The van der Waals surface area contributed by atoms with E-state index in [2.05, 4.69) is 10.1 Å². The van der Waals surface area contributed by atoms with E-state index in [4.69, 9.17) is 9.47 Å². The van der Waals surface area contributed by atoms with E-state index >= 15 is 8.78 Å². The average Bonchev–Trinajstić information content (AvgIpc) is 3.52. The van der Waals surface area contributed by atoms with Crippen molar-refractivity contribution >= 4 is 16.8 Å². The first-order valence-corrected chi connectivity index (χ1v) is 11.9. The molecule has 0 radical (unpaired) electrons. The minimum absolute atomic E-state index is 0.155. The standard InChI is InChI=1S/C27H24F2N4O3/c1-32-13-20-18(6-7-25(26(20)31-32)36-10-9-35-17-4-5-17)16-11-22(28)21(23(29)12-16)14-33-15-24-19(27(33)34)3-2-8-30-24/h2-3,6-8,11-13,17H,4-5,9-10,14-15H2,1H3. The van der Waals surface area contributed by atoms with Crippen molar-refractivity contribution in [1.82, 2.24) is 19.7 Å². The van der Waals surface area contributed by atoms with Gasteiger partial charge in [0.2, 0.25) is 0 Å². The number of hydrogen-bond acceptors (Lipinski definition) is 5. The van der Waals surface area contributed by atoms with Gasteiger partial charge in [-0.1, -0.05) is 0 Å². The molecule has 2 aliphatic rings. The lowest BCUT2D eigenvalue weighted by atomic mass is 9.99. The first-order valence-electron chi connectivity index (χ1n) is 11.9. The van der Waals surface area contributed by atoms with Gasteiger partial charge in [-0.2, -0.15) is 5.10 Å². The van der Waals surface area contributed by atoms with Crippen molar-refractivity contribution in [3.63, 3.8) is 0 Å². The molecule has 3 heterocycles. The third kappa shape index (κ3) is 4.19. The van der Waals surface area contributed by atoms with Crippen LogP contribution in [0.25, 0.3) is 22.0 Å². The Bertz CT molecular complexity index is 1460. The summed E-state index contributed by atoms with van der Waals surface area (Å²) in [5.41, 5.74) is 2.55. The Balaban J connectivity index is 1.26. The zero-order chi connectivity index (χ0) is 24.8. The van der Waals surface area contributed by atoms with Gasteiger partial charge in [0.05, 0.1) is 37.1 Å². The van der Waals surface area contributed by atoms with Crippen LogP contribution in [-0.2, 0) is 24.9 Å². The molecule has 0 spiro atoms. The maximum Gasteiger partial charge on any atom is 0.256 e. The SMILES string of the molecule is Cn1cc2c(-c3cc(F)c(CN4Cc5ncccc5C4=O)c(F)c3)ccc(OCCOC3CC3)c2n1. The summed E-state index contributed by atoms with van der Waals surface area (Å²) in [4.78, 5) is 18.2. The van der Waals surface area contributed by atoms with E-state index in [0.29, 0.717) is 53.0 Å². The fourth-order valence-corrected chi connectivity index (χ4v) is 4.57. The summed E-state index contributed by atoms with van der Waals surface area (Å²) in [6.07, 6.45) is 5.96. The van der Waals surface area contributed by atoms with Crippen molar-refractivity contribution in [3.05, 3.63) is 77.2 Å². The second-order valence-corrected chi connectivity index (χ2v) is 9.17. The minimum atomic E-state index is -0.712. The van der Waals surface area contributed by atoms with Crippen molar-refractivity contribution in [2.24, 2.45) is 7.05 Å². The van der Waals surface area contributed by atoms with Gasteiger partial charge >= 0.3 is 0 Å². The molecule has 9 heteroatoms. The minimum Gasteiger partial charge on any atom is -0.489 e. The zero-order valence-electron chi connectivity index (χ0n) is 19.7. The third-order valence-electron chi connectivity index (χ3n) is 6.52. The number of hydrogen-bond donors (Lipinski definition) is 0. The third-order valence-corrected chi connectivity index (χ3v) is 6.52. The van der Waals surface area contributed by atoms with Gasteiger partial charge in [0.15, 0.2) is 0 Å². The van der Waals surface area contributed by atoms with E-state index in [1.165, 1.54) is 17.0 Å². The predicted molar refractivity (Wildman–Crippen MR) is 128 cm³/mol. The van der Waals surface area contributed by atoms with E-state index in [1.54, 1.807) is 48.4 Å². The van der Waals surface area contributed by atoms with Gasteiger partial charge < -0.3 is 14.4 Å². The first kappa shape index (κ1) is 22.6. The Morgan fingerprint density at radius 2 is 1.89 bits per heavy atom. The molecule has 0 unspecified atom stereocenters. The molecule has 7 nitrogen and oxygen atoms in total. The highest BCUT2D eigenvalue weighted by molar-refractivity contribution is 5.98. The number of fused-ring (bicyclic) bond motifs is 2. The Labute approximate surface area is 206 Å². The van der Waals surface area contributed by atoms with Gasteiger partial charge in [0.25, 0.3) is 5.91 Å². The maximum atomic E-state index is 15.2. The molecule has 0 bridgehead atoms. The van der Waals surface area contributed by atoms with Crippen molar-refractivity contribution in [1.29, 1.82) is 0 Å². The van der Waals surface area contributed by atoms with E-state index in [1.807, 2.05) is 0 Å². The lowest BCUT2D eigenvalue weighted by Gasteiger charge is -2.17. The van der Waals surface area contributed by atoms with Gasteiger partial charge in [0.1, 0.15) is 29.5 Å². The number of benzene rings is 2. The summed E-state index contributed by atoms with van der Waals surface area (Å²) in [5, 5.41) is 5.22. The van der Waals surface area contributed by atoms with Crippen LogP contribution in [0.15, 0.2) is 48.8 Å². The highest BCUT2D eigenvalue weighted by atomic mass is 19.1. The molecule has 1 aliphatic carbocycles. The number of aromatic nitrogens is 3. The summed E-state index contributed by atoms with van der Waals surface area (Å²) in [5.74, 6) is -1.11. The van der Waals surface area contributed by atoms with Gasteiger partial charge in [-0.25, -0.2) is 8.78 Å². The molecular weight excluding hydrogens is 466 g/mol. The average molecular weight is 491 g/mol. The molecule has 0 saturated heterocycles. The molecule has 4 aromatic rings. The van der Waals surface area contributed by atoms with Crippen molar-refractivity contribution in [3.8, 4) is 16.9 Å². The molecule has 1 saturated carbocycles. The summed E-state index contributed by atoms with van der Waals surface area (Å²) in [7, 11) is 1.79. The van der Waals surface area contributed by atoms with Crippen LogP contribution in [-0.4, -0.2) is 44.9 Å². The number of nitrogens with zero attached hydrogens (tertiary/aromatic N) is 4. The Morgan fingerprint density at radius 1 is 1.08 bits per heavy atom. The number of amides is 1. The largest absolute Gasteiger partial charge is 0.489 e. The number of halogens is 2. The van der Waals surface area contributed by atoms with Crippen LogP contribution in [0.5, 0.6) is 5.75 Å². The van der Waals surface area contributed by atoms with Gasteiger partial charge in [-0.05, 0) is 60.4 Å². The van der Waals surface area contributed by atoms with Crippen LogP contribution in [0.2, 0.25) is 0 Å². The molecule has 1 fully saturated rings. The quantitative estimate of drug-likeness (QED) is 0.337. The van der Waals surface area contributed by atoms with Gasteiger partial charge in [0, 0.05) is 30.4 Å². The smallest absolute Gasteiger partial charge is 0.256 e. The fraction of sp³-hybridized carbons (Fsp3) is 0.296. The molecular formula is C27H24F2N4O3. The van der Waals surface area contributed by atoms with E-state index in [9.17, 15) is 4.79 Å². The molecule has 6 rings (SSSR count). The number of ether oxygens (including phenoxy) is 2. The predicted octanol–water partition coefficient (Wildman–Crippen LogP) is 4.63. The van der Waals surface area contributed by atoms with Crippen LogP contribution in [0.1, 0.15) is 34.5 Å². The van der Waals surface area contributed by atoms with Crippen LogP contribution in [0.3, 0.4) is 0 Å². The van der Waals surface area contributed by atoms with Gasteiger partial charge in [-0.15, -0.1) is 0 Å². The molecule has 184 valence electrons. The molecule has 1 aliphatic heterocycles. The van der Waals surface area contributed by atoms with Crippen LogP contribution < -0.4 is 4.74 Å². The molecule has 2 aromatic carbocycles. The first-order chi connectivity index (χ1) is 17.5. The number of carbonyl (C=O) groups is 1. The normalized spacial score (nSPS) is 15.1. The second-order valence-electron chi connectivity index (χ2n) is 9.17. The monoisotopic (exact) mass is 490 g/mol. The number of pyridine rings is 1. The Hall–Kier alpha value is -3.85. The van der Waals surface area contributed by atoms with E-state index < -0.39 is 11.6 Å². The fourth-order valence-electron chi connectivity index (χ4n) is 4.57. The number of rotatable bonds is 8. The summed E-state index contributed by atoms with van der Waals surface area (Å²) >= 11 is 0. The Morgan fingerprint density at radius 3 is 2.64 bits per heavy atom. The number of carbonyl (C=O) groups excluding carboxylic acids is 1. The maximum absolute atomic E-state index is 15.2. The molecule has 0 atom stereocenters. The second kappa shape index (κ2) is 8.98. The molecule has 2 aromatic heterocycles. The summed E-state index contributed by atoms with van der Waals surface area (Å²) in [6.45, 7) is 0.942. The van der Waals surface area contributed by atoms with E-state index in [0.717, 1.165) is 18.2 Å².